The lowest BCUT2D eigenvalue weighted by atomic mass is 9.95. The molecule has 1 N–H and O–H groups in total. The molecule has 33 heavy (non-hydrogen) atoms. The Bertz CT molecular complexity index is 1030. The van der Waals surface area contributed by atoms with Crippen molar-refractivity contribution in [3.63, 3.8) is 0 Å². The Labute approximate surface area is 196 Å². The average molecular weight is 451 g/mol. The summed E-state index contributed by atoms with van der Waals surface area (Å²) in [7, 11) is 3.94. The van der Waals surface area contributed by atoms with Crippen LogP contribution in [0.25, 0.3) is 5.76 Å². The van der Waals surface area contributed by atoms with E-state index in [1.54, 1.807) is 23.1 Å². The van der Waals surface area contributed by atoms with E-state index in [4.69, 9.17) is 4.74 Å². The number of ether oxygens (including phenoxy) is 1. The maximum atomic E-state index is 13.1. The normalized spacial score (nSPS) is 17.9. The number of likely N-dealkylation sites (tertiary alicyclic amines) is 1. The number of aryl methyl sites for hydroxylation is 1. The SMILES string of the molecule is Cc1cc(C(O)=C2C(=O)C(=O)N(CCCN(C)C)[C@H]2c2ccccc2)ccc1OCC(C)C. The summed E-state index contributed by atoms with van der Waals surface area (Å²) < 4.78 is 5.84. The van der Waals surface area contributed by atoms with Crippen molar-refractivity contribution in [3.05, 3.63) is 70.8 Å². The van der Waals surface area contributed by atoms with Crippen molar-refractivity contribution >= 4 is 17.4 Å². The second-order valence-corrected chi connectivity index (χ2v) is 9.25. The highest BCUT2D eigenvalue weighted by Crippen LogP contribution is 2.39. The molecule has 1 saturated heterocycles. The van der Waals surface area contributed by atoms with Crippen molar-refractivity contribution < 1.29 is 19.4 Å². The van der Waals surface area contributed by atoms with Crippen LogP contribution in [0.1, 0.15) is 43.0 Å². The van der Waals surface area contributed by atoms with E-state index >= 15 is 0 Å². The average Bonchev–Trinajstić information content (AvgIpc) is 3.03. The van der Waals surface area contributed by atoms with Gasteiger partial charge in [0.1, 0.15) is 11.5 Å². The Hall–Kier alpha value is -3.12. The van der Waals surface area contributed by atoms with Gasteiger partial charge in [-0.1, -0.05) is 44.2 Å². The van der Waals surface area contributed by atoms with E-state index in [0.717, 1.165) is 29.8 Å². The van der Waals surface area contributed by atoms with E-state index in [2.05, 4.69) is 13.8 Å². The molecule has 6 heteroatoms. The molecule has 2 aromatic carbocycles. The van der Waals surface area contributed by atoms with E-state index in [0.29, 0.717) is 24.6 Å². The zero-order chi connectivity index (χ0) is 24.1. The number of carbonyl (C=O) groups is 2. The Balaban J connectivity index is 2.01. The summed E-state index contributed by atoms with van der Waals surface area (Å²) in [5.74, 6) is -0.242. The molecule has 3 rings (SSSR count). The fourth-order valence-corrected chi connectivity index (χ4v) is 4.02. The highest BCUT2D eigenvalue weighted by atomic mass is 16.5. The van der Waals surface area contributed by atoms with E-state index in [-0.39, 0.29) is 11.3 Å². The molecule has 0 spiro atoms. The number of benzene rings is 2. The zero-order valence-electron chi connectivity index (χ0n) is 20.2. The summed E-state index contributed by atoms with van der Waals surface area (Å²) in [6, 6.07) is 14.1. The summed E-state index contributed by atoms with van der Waals surface area (Å²) in [6.07, 6.45) is 0.727. The minimum absolute atomic E-state index is 0.131. The number of Topliss-reactive ketones (excluding diaryl/α,β-unsaturated/α-hetero) is 1. The van der Waals surface area contributed by atoms with Crippen LogP contribution >= 0.6 is 0 Å². The van der Waals surface area contributed by atoms with Crippen LogP contribution in [-0.2, 0) is 9.59 Å². The number of aliphatic hydroxyl groups is 1. The quantitative estimate of drug-likeness (QED) is 0.348. The second kappa shape index (κ2) is 10.7. The van der Waals surface area contributed by atoms with Gasteiger partial charge in [0, 0.05) is 12.1 Å². The molecule has 6 nitrogen and oxygen atoms in total. The van der Waals surface area contributed by atoms with Gasteiger partial charge >= 0.3 is 0 Å². The van der Waals surface area contributed by atoms with Crippen LogP contribution < -0.4 is 4.74 Å². The van der Waals surface area contributed by atoms with Crippen LogP contribution in [-0.4, -0.2) is 60.4 Å². The smallest absolute Gasteiger partial charge is 0.295 e. The standard InChI is InChI=1S/C27H34N2O4/c1-18(2)17-33-22-13-12-21(16-19(22)3)25(30)23-24(20-10-7-6-8-11-20)29(27(32)26(23)31)15-9-14-28(4)5/h6-8,10-13,16,18,24,30H,9,14-15,17H2,1-5H3/t24-/m0/s1. The zero-order valence-corrected chi connectivity index (χ0v) is 20.2. The van der Waals surface area contributed by atoms with E-state index in [1.165, 1.54) is 0 Å². The summed E-state index contributed by atoms with van der Waals surface area (Å²) in [4.78, 5) is 29.7. The lowest BCUT2D eigenvalue weighted by molar-refractivity contribution is -0.139. The van der Waals surface area contributed by atoms with Gasteiger partial charge in [-0.15, -0.1) is 0 Å². The second-order valence-electron chi connectivity index (χ2n) is 9.25. The topological polar surface area (TPSA) is 70.1 Å². The van der Waals surface area contributed by atoms with Gasteiger partial charge in [0.2, 0.25) is 0 Å². The molecule has 0 bridgehead atoms. The highest BCUT2D eigenvalue weighted by Gasteiger charge is 2.45. The van der Waals surface area contributed by atoms with Gasteiger partial charge in [0.15, 0.2) is 0 Å². The fraction of sp³-hybridized carbons (Fsp3) is 0.407. The fourth-order valence-electron chi connectivity index (χ4n) is 4.02. The first kappa shape index (κ1) is 24.5. The maximum Gasteiger partial charge on any atom is 0.295 e. The molecule has 2 aromatic rings. The van der Waals surface area contributed by atoms with Crippen molar-refractivity contribution in [3.8, 4) is 5.75 Å². The van der Waals surface area contributed by atoms with Crippen LogP contribution in [0.15, 0.2) is 54.1 Å². The molecule has 0 radical (unpaired) electrons. The molecule has 1 atom stereocenters. The summed E-state index contributed by atoms with van der Waals surface area (Å²) in [5.41, 5.74) is 2.29. The van der Waals surface area contributed by atoms with Crippen LogP contribution in [0.5, 0.6) is 5.75 Å². The van der Waals surface area contributed by atoms with E-state index in [9.17, 15) is 14.7 Å². The monoisotopic (exact) mass is 450 g/mol. The molecule has 0 aromatic heterocycles. The van der Waals surface area contributed by atoms with E-state index in [1.807, 2.05) is 56.3 Å². The summed E-state index contributed by atoms with van der Waals surface area (Å²) in [6.45, 7) is 7.88. The van der Waals surface area contributed by atoms with Crippen LogP contribution in [0.4, 0.5) is 0 Å². The third kappa shape index (κ3) is 5.63. The lowest BCUT2D eigenvalue weighted by Crippen LogP contribution is -2.32. The molecule has 176 valence electrons. The Morgan fingerprint density at radius 2 is 1.82 bits per heavy atom. The number of ketones is 1. The molecule has 1 aliphatic heterocycles. The van der Waals surface area contributed by atoms with Gasteiger partial charge in [0.25, 0.3) is 11.7 Å². The number of nitrogens with zero attached hydrogens (tertiary/aromatic N) is 2. The first-order valence-corrected chi connectivity index (χ1v) is 11.4. The summed E-state index contributed by atoms with van der Waals surface area (Å²) in [5, 5.41) is 11.2. The molecule has 1 amide bonds. The van der Waals surface area contributed by atoms with Crippen molar-refractivity contribution in [1.29, 1.82) is 0 Å². The molecular weight excluding hydrogens is 416 g/mol. The van der Waals surface area contributed by atoms with Crippen molar-refractivity contribution in [2.24, 2.45) is 5.92 Å². The third-order valence-electron chi connectivity index (χ3n) is 5.68. The summed E-state index contributed by atoms with van der Waals surface area (Å²) >= 11 is 0. The molecular formula is C27H34N2O4. The van der Waals surface area contributed by atoms with Crippen LogP contribution in [0.3, 0.4) is 0 Å². The molecule has 0 aliphatic carbocycles. The van der Waals surface area contributed by atoms with Crippen LogP contribution in [0, 0.1) is 12.8 Å². The number of aliphatic hydroxyl groups excluding tert-OH is 1. The Morgan fingerprint density at radius 3 is 2.42 bits per heavy atom. The van der Waals surface area contributed by atoms with Gasteiger partial charge in [0.05, 0.1) is 18.2 Å². The van der Waals surface area contributed by atoms with Gasteiger partial charge in [-0.05, 0) is 69.2 Å². The highest BCUT2D eigenvalue weighted by molar-refractivity contribution is 6.46. The number of rotatable bonds is 9. The first-order chi connectivity index (χ1) is 15.7. The van der Waals surface area contributed by atoms with Gasteiger partial charge < -0.3 is 19.6 Å². The molecule has 1 heterocycles. The van der Waals surface area contributed by atoms with Crippen molar-refractivity contribution in [1.82, 2.24) is 9.80 Å². The van der Waals surface area contributed by atoms with Crippen LogP contribution in [0.2, 0.25) is 0 Å². The third-order valence-corrected chi connectivity index (χ3v) is 5.68. The number of carbonyl (C=O) groups excluding carboxylic acids is 2. The Morgan fingerprint density at radius 1 is 1.12 bits per heavy atom. The van der Waals surface area contributed by atoms with Gasteiger partial charge in [-0.3, -0.25) is 9.59 Å². The van der Waals surface area contributed by atoms with Crippen molar-refractivity contribution in [2.45, 2.75) is 33.2 Å². The minimum atomic E-state index is -0.649. The van der Waals surface area contributed by atoms with Gasteiger partial charge in [-0.25, -0.2) is 0 Å². The molecule has 1 fully saturated rings. The predicted molar refractivity (Wildman–Crippen MR) is 130 cm³/mol. The lowest BCUT2D eigenvalue weighted by Gasteiger charge is -2.26. The number of hydrogen-bond donors (Lipinski definition) is 1. The maximum absolute atomic E-state index is 13.1. The molecule has 0 saturated carbocycles. The first-order valence-electron chi connectivity index (χ1n) is 11.4. The predicted octanol–water partition coefficient (Wildman–Crippen LogP) is 4.40. The number of hydrogen-bond acceptors (Lipinski definition) is 5. The molecule has 1 aliphatic rings. The largest absolute Gasteiger partial charge is 0.507 e. The minimum Gasteiger partial charge on any atom is -0.507 e. The number of amides is 1. The van der Waals surface area contributed by atoms with Crippen molar-refractivity contribution in [2.75, 3.05) is 33.8 Å². The van der Waals surface area contributed by atoms with Gasteiger partial charge in [-0.2, -0.15) is 0 Å². The van der Waals surface area contributed by atoms with E-state index < -0.39 is 17.7 Å². The molecule has 0 unspecified atom stereocenters. The Kier molecular flexibility index (Phi) is 7.92.